The number of likely N-dealkylation sites (tertiary alicyclic amines) is 1. The van der Waals surface area contributed by atoms with Gasteiger partial charge < -0.3 is 10.2 Å². The van der Waals surface area contributed by atoms with E-state index in [0.717, 1.165) is 37.9 Å². The van der Waals surface area contributed by atoms with Crippen LogP contribution in [-0.2, 0) is 14.8 Å². The average molecular weight is 409 g/mol. The van der Waals surface area contributed by atoms with E-state index < -0.39 is 10.0 Å². The molecular weight excluding hydrogens is 374 g/mol. The van der Waals surface area contributed by atoms with Gasteiger partial charge in [0.1, 0.15) is 0 Å². The molecule has 0 unspecified atom stereocenters. The van der Waals surface area contributed by atoms with E-state index >= 15 is 0 Å². The van der Waals surface area contributed by atoms with Crippen LogP contribution < -0.4 is 10.2 Å². The molecule has 0 atom stereocenters. The number of hydrogen-bond acceptors (Lipinski definition) is 3. The fourth-order valence-electron chi connectivity index (χ4n) is 4.15. The minimum Gasteiger partial charge on any atom is -0.327 e. The Morgan fingerprint density at radius 2 is 1.61 bits per heavy atom. The topological polar surface area (TPSA) is 70.9 Å². The third kappa shape index (κ3) is 5.55. The number of benzene rings is 1. The minimum absolute atomic E-state index is 0.0359. The smallest absolute Gasteiger partial charge is 0.279 e. The SMILES string of the molecule is Cc1ccc(S(=O)(=O)N2CCCCC2)cc1NC(=O)C[NH+]1CCCCCCC1. The van der Waals surface area contributed by atoms with Gasteiger partial charge in [0.25, 0.3) is 5.91 Å². The number of sulfonamides is 1. The Labute approximate surface area is 169 Å². The zero-order valence-corrected chi connectivity index (χ0v) is 17.8. The van der Waals surface area contributed by atoms with Crippen molar-refractivity contribution in [3.63, 3.8) is 0 Å². The van der Waals surface area contributed by atoms with Gasteiger partial charge in [-0.05, 0) is 63.1 Å². The second kappa shape index (κ2) is 9.85. The molecule has 1 amide bonds. The molecule has 2 aliphatic rings. The highest BCUT2D eigenvalue weighted by molar-refractivity contribution is 7.89. The third-order valence-corrected chi connectivity index (χ3v) is 7.80. The first kappa shape index (κ1) is 21.3. The van der Waals surface area contributed by atoms with Crippen molar-refractivity contribution in [3.8, 4) is 0 Å². The van der Waals surface area contributed by atoms with Crippen LogP contribution in [0.3, 0.4) is 0 Å². The van der Waals surface area contributed by atoms with E-state index in [1.165, 1.54) is 37.0 Å². The van der Waals surface area contributed by atoms with Crippen LogP contribution in [0, 0.1) is 6.92 Å². The first-order valence-corrected chi connectivity index (χ1v) is 12.1. The number of nitrogens with zero attached hydrogens (tertiary/aromatic N) is 1. The molecule has 1 aromatic carbocycles. The predicted molar refractivity (Wildman–Crippen MR) is 111 cm³/mol. The van der Waals surface area contributed by atoms with Gasteiger partial charge in [0.15, 0.2) is 6.54 Å². The summed E-state index contributed by atoms with van der Waals surface area (Å²) >= 11 is 0. The van der Waals surface area contributed by atoms with Crippen LogP contribution >= 0.6 is 0 Å². The number of anilines is 1. The second-order valence-corrected chi connectivity index (χ2v) is 10.1. The summed E-state index contributed by atoms with van der Waals surface area (Å²) in [5, 5.41) is 2.97. The number of nitrogens with one attached hydrogen (secondary N) is 2. The van der Waals surface area contributed by atoms with E-state index in [1.807, 2.05) is 6.92 Å². The Morgan fingerprint density at radius 3 is 2.29 bits per heavy atom. The molecule has 2 fully saturated rings. The Kier molecular flexibility index (Phi) is 7.48. The van der Waals surface area contributed by atoms with E-state index in [4.69, 9.17) is 0 Å². The van der Waals surface area contributed by atoms with Gasteiger partial charge in [-0.1, -0.05) is 18.9 Å². The molecule has 0 saturated carbocycles. The summed E-state index contributed by atoms with van der Waals surface area (Å²) in [7, 11) is -3.50. The van der Waals surface area contributed by atoms with Gasteiger partial charge in [-0.25, -0.2) is 8.42 Å². The van der Waals surface area contributed by atoms with Crippen molar-refractivity contribution in [2.24, 2.45) is 0 Å². The molecule has 28 heavy (non-hydrogen) atoms. The number of piperidine rings is 1. The Morgan fingerprint density at radius 1 is 1.00 bits per heavy atom. The molecule has 0 spiro atoms. The largest absolute Gasteiger partial charge is 0.327 e. The maximum absolute atomic E-state index is 12.9. The normalized spacial score (nSPS) is 20.3. The van der Waals surface area contributed by atoms with Gasteiger partial charge in [0.05, 0.1) is 18.0 Å². The van der Waals surface area contributed by atoms with Gasteiger partial charge in [0.2, 0.25) is 10.0 Å². The second-order valence-electron chi connectivity index (χ2n) is 8.18. The summed E-state index contributed by atoms with van der Waals surface area (Å²) in [5.74, 6) is -0.0359. The van der Waals surface area contributed by atoms with Gasteiger partial charge in [-0.2, -0.15) is 4.31 Å². The molecule has 156 valence electrons. The lowest BCUT2D eigenvalue weighted by atomic mass is 10.1. The molecule has 0 aromatic heterocycles. The molecule has 0 aliphatic carbocycles. The molecule has 6 nitrogen and oxygen atoms in total. The van der Waals surface area contributed by atoms with Crippen molar-refractivity contribution in [2.45, 2.75) is 63.2 Å². The molecule has 2 heterocycles. The van der Waals surface area contributed by atoms with Crippen molar-refractivity contribution in [1.82, 2.24) is 4.31 Å². The fraction of sp³-hybridized carbons (Fsp3) is 0.667. The van der Waals surface area contributed by atoms with Gasteiger partial charge >= 0.3 is 0 Å². The van der Waals surface area contributed by atoms with Crippen molar-refractivity contribution in [2.75, 3.05) is 38.0 Å². The molecule has 7 heteroatoms. The summed E-state index contributed by atoms with van der Waals surface area (Å²) in [6.07, 6.45) is 9.05. The number of carbonyl (C=O) groups excluding carboxylic acids is 1. The van der Waals surface area contributed by atoms with Crippen LogP contribution in [-0.4, -0.2) is 51.4 Å². The molecular formula is C21H34N3O3S+. The number of amides is 1. The molecule has 2 aliphatic heterocycles. The highest BCUT2D eigenvalue weighted by Crippen LogP contribution is 2.25. The van der Waals surface area contributed by atoms with Crippen LogP contribution in [0.5, 0.6) is 0 Å². The highest BCUT2D eigenvalue weighted by atomic mass is 32.2. The molecule has 0 bridgehead atoms. The van der Waals surface area contributed by atoms with Crippen LogP contribution in [0.15, 0.2) is 23.1 Å². The zero-order valence-electron chi connectivity index (χ0n) is 17.0. The van der Waals surface area contributed by atoms with E-state index in [-0.39, 0.29) is 10.8 Å². The summed E-state index contributed by atoms with van der Waals surface area (Å²) in [6.45, 7) is 5.58. The van der Waals surface area contributed by atoms with Crippen LogP contribution in [0.4, 0.5) is 5.69 Å². The van der Waals surface area contributed by atoms with E-state index in [2.05, 4.69) is 5.32 Å². The zero-order chi connectivity index (χ0) is 20.0. The molecule has 2 N–H and O–H groups in total. The Hall–Kier alpha value is -1.44. The van der Waals surface area contributed by atoms with Crippen LogP contribution in [0.2, 0.25) is 0 Å². The van der Waals surface area contributed by atoms with Gasteiger partial charge in [-0.15, -0.1) is 0 Å². The maximum Gasteiger partial charge on any atom is 0.279 e. The number of quaternary nitrogens is 1. The van der Waals surface area contributed by atoms with E-state index in [0.29, 0.717) is 25.3 Å². The number of rotatable bonds is 5. The van der Waals surface area contributed by atoms with Crippen molar-refractivity contribution < 1.29 is 18.1 Å². The highest BCUT2D eigenvalue weighted by Gasteiger charge is 2.26. The van der Waals surface area contributed by atoms with Crippen LogP contribution in [0.1, 0.15) is 56.9 Å². The lowest BCUT2D eigenvalue weighted by Gasteiger charge is -2.26. The average Bonchev–Trinajstić information content (AvgIpc) is 2.66. The van der Waals surface area contributed by atoms with E-state index in [9.17, 15) is 13.2 Å². The molecule has 0 radical (unpaired) electrons. The molecule has 3 rings (SSSR count). The quantitative estimate of drug-likeness (QED) is 0.782. The number of aryl methyl sites for hydroxylation is 1. The number of carbonyl (C=O) groups is 1. The third-order valence-electron chi connectivity index (χ3n) is 5.91. The van der Waals surface area contributed by atoms with Crippen molar-refractivity contribution in [1.29, 1.82) is 0 Å². The minimum atomic E-state index is -3.50. The Balaban J connectivity index is 1.68. The van der Waals surface area contributed by atoms with Gasteiger partial charge in [0, 0.05) is 18.8 Å². The summed E-state index contributed by atoms with van der Waals surface area (Å²) in [5.41, 5.74) is 1.49. The molecule has 2 saturated heterocycles. The monoisotopic (exact) mass is 408 g/mol. The van der Waals surface area contributed by atoms with E-state index in [1.54, 1.807) is 22.5 Å². The standard InChI is InChI=1S/C21H33N3O3S/c1-18-10-11-19(28(26,27)24-14-8-5-9-15-24)16-20(18)22-21(25)17-23-12-6-3-2-4-7-13-23/h10-11,16H,2-9,12-15,17H2,1H3,(H,22,25)/p+1. The van der Waals surface area contributed by atoms with Crippen LogP contribution in [0.25, 0.3) is 0 Å². The number of hydrogen-bond donors (Lipinski definition) is 2. The van der Waals surface area contributed by atoms with Crippen molar-refractivity contribution >= 4 is 21.6 Å². The lowest BCUT2D eigenvalue weighted by molar-refractivity contribution is -0.892. The maximum atomic E-state index is 12.9. The summed E-state index contributed by atoms with van der Waals surface area (Å²) in [6, 6.07) is 5.06. The fourth-order valence-corrected chi connectivity index (χ4v) is 5.70. The van der Waals surface area contributed by atoms with Gasteiger partial charge in [-0.3, -0.25) is 4.79 Å². The predicted octanol–water partition coefficient (Wildman–Crippen LogP) is 1.96. The Bertz CT molecular complexity index is 765. The first-order valence-electron chi connectivity index (χ1n) is 10.7. The first-order chi connectivity index (χ1) is 13.5. The van der Waals surface area contributed by atoms with Crippen molar-refractivity contribution in [3.05, 3.63) is 23.8 Å². The summed E-state index contributed by atoms with van der Waals surface area (Å²) < 4.78 is 27.4. The molecule has 1 aromatic rings. The lowest BCUT2D eigenvalue weighted by Crippen LogP contribution is -3.13. The summed E-state index contributed by atoms with van der Waals surface area (Å²) in [4.78, 5) is 14.2.